The average molecular weight is 232 g/mol. The number of rotatable bonds is 4. The highest BCUT2D eigenvalue weighted by atomic mass is 15.1. The van der Waals surface area contributed by atoms with Crippen LogP contribution in [0.25, 0.3) is 0 Å². The third-order valence-electron chi connectivity index (χ3n) is 1.62. The second-order valence-corrected chi connectivity index (χ2v) is 5.29. The zero-order chi connectivity index (χ0) is 13.8. The number of nitrogens with zero attached hydrogens (tertiary/aromatic N) is 1. The molecule has 102 valence electrons. The maximum Gasteiger partial charge on any atom is 0.00272 e. The van der Waals surface area contributed by atoms with E-state index in [1.807, 2.05) is 13.8 Å². The van der Waals surface area contributed by atoms with E-state index in [0.717, 1.165) is 13.0 Å². The van der Waals surface area contributed by atoms with Crippen LogP contribution in [0.15, 0.2) is 0 Å². The summed E-state index contributed by atoms with van der Waals surface area (Å²) in [5.74, 6) is 0. The van der Waals surface area contributed by atoms with Gasteiger partial charge >= 0.3 is 0 Å². The first-order valence-electron chi connectivity index (χ1n) is 6.65. The van der Waals surface area contributed by atoms with Crippen LogP contribution in [0.1, 0.15) is 61.3 Å². The fourth-order valence-electron chi connectivity index (χ4n) is 1.79. The first-order valence-corrected chi connectivity index (χ1v) is 6.65. The molecule has 0 saturated carbocycles. The largest absolute Gasteiger partial charge is 0.328 e. The Labute approximate surface area is 105 Å². The fraction of sp³-hybridized carbons (Fsp3) is 1.00. The quantitative estimate of drug-likeness (QED) is 0.800. The van der Waals surface area contributed by atoms with E-state index in [-0.39, 0.29) is 0 Å². The highest BCUT2D eigenvalue weighted by molar-refractivity contribution is 4.75. The van der Waals surface area contributed by atoms with E-state index in [1.165, 1.54) is 6.42 Å². The molecular weight excluding hydrogens is 196 g/mol. The molecule has 0 bridgehead atoms. The van der Waals surface area contributed by atoms with Gasteiger partial charge in [-0.2, -0.15) is 0 Å². The molecule has 0 aromatic heterocycles. The molecule has 0 rings (SSSR count). The third-order valence-corrected chi connectivity index (χ3v) is 1.62. The van der Waals surface area contributed by atoms with Crippen molar-refractivity contribution in [1.29, 1.82) is 0 Å². The summed E-state index contributed by atoms with van der Waals surface area (Å²) in [6.07, 6.45) is 2.34. The molecule has 16 heavy (non-hydrogen) atoms. The van der Waals surface area contributed by atoms with Gasteiger partial charge in [0.05, 0.1) is 0 Å². The monoisotopic (exact) mass is 232 g/mol. The zero-order valence-corrected chi connectivity index (χ0v) is 13.2. The van der Waals surface area contributed by atoms with Gasteiger partial charge in [-0.15, -0.1) is 0 Å². The fourth-order valence-corrected chi connectivity index (χ4v) is 1.79. The highest BCUT2D eigenvalue weighted by Gasteiger charge is 2.19. The van der Waals surface area contributed by atoms with Crippen LogP contribution < -0.4 is 5.73 Å². The Balaban J connectivity index is -0.000000289. The lowest BCUT2D eigenvalue weighted by Crippen LogP contribution is -2.33. The predicted octanol–water partition coefficient (Wildman–Crippen LogP) is 3.75. The molecule has 0 aliphatic carbocycles. The first-order chi connectivity index (χ1) is 7.25. The van der Waals surface area contributed by atoms with Gasteiger partial charge in [-0.3, -0.25) is 0 Å². The maximum atomic E-state index is 5.74. The van der Waals surface area contributed by atoms with Crippen molar-refractivity contribution in [2.75, 3.05) is 20.6 Å². The molecule has 0 aromatic carbocycles. The minimum atomic E-state index is 0.310. The van der Waals surface area contributed by atoms with Crippen LogP contribution in [0.4, 0.5) is 0 Å². The molecule has 0 heterocycles. The van der Waals surface area contributed by atoms with Crippen LogP contribution in [0.2, 0.25) is 0 Å². The average Bonchev–Trinajstić information content (AvgIpc) is 2.03. The standard InChI is InChI=1S/C9H22N2.C3H8.C2H6/c1-8(10)6-9(2,3)7-11(4)5;1-3-2;1-2/h8H,6-7,10H2,1-5H3;3H2,1-2H3;1-2H3. The molecule has 0 aromatic rings. The molecule has 2 nitrogen and oxygen atoms in total. The lowest BCUT2D eigenvalue weighted by atomic mass is 9.86. The topological polar surface area (TPSA) is 29.3 Å². The summed E-state index contributed by atoms with van der Waals surface area (Å²) >= 11 is 0. The van der Waals surface area contributed by atoms with Crippen molar-refractivity contribution in [2.24, 2.45) is 11.1 Å². The zero-order valence-electron chi connectivity index (χ0n) is 13.2. The molecule has 2 heteroatoms. The van der Waals surface area contributed by atoms with Crippen LogP contribution in [0.5, 0.6) is 0 Å². The van der Waals surface area contributed by atoms with Crippen molar-refractivity contribution in [2.45, 2.75) is 67.3 Å². The van der Waals surface area contributed by atoms with Gasteiger partial charge in [0.1, 0.15) is 0 Å². The predicted molar refractivity (Wildman–Crippen MR) is 77.9 cm³/mol. The molecule has 0 spiro atoms. The Morgan fingerprint density at radius 1 is 1.12 bits per heavy atom. The van der Waals surface area contributed by atoms with E-state index >= 15 is 0 Å². The lowest BCUT2D eigenvalue weighted by Gasteiger charge is -2.29. The molecule has 0 saturated heterocycles. The van der Waals surface area contributed by atoms with E-state index in [4.69, 9.17) is 5.73 Å². The van der Waals surface area contributed by atoms with Gasteiger partial charge in [-0.05, 0) is 32.9 Å². The Bertz CT molecular complexity index is 106. The van der Waals surface area contributed by atoms with Crippen LogP contribution >= 0.6 is 0 Å². The van der Waals surface area contributed by atoms with Crippen molar-refractivity contribution in [3.8, 4) is 0 Å². The Morgan fingerprint density at radius 3 is 1.62 bits per heavy atom. The molecule has 0 aliphatic rings. The molecule has 0 aliphatic heterocycles. The van der Waals surface area contributed by atoms with Crippen molar-refractivity contribution in [3.05, 3.63) is 0 Å². The van der Waals surface area contributed by atoms with Crippen molar-refractivity contribution in [1.82, 2.24) is 4.90 Å². The van der Waals surface area contributed by atoms with Gasteiger partial charge in [0, 0.05) is 12.6 Å². The van der Waals surface area contributed by atoms with Gasteiger partial charge < -0.3 is 10.6 Å². The molecule has 1 unspecified atom stereocenters. The van der Waals surface area contributed by atoms with Gasteiger partial charge in [-0.25, -0.2) is 0 Å². The van der Waals surface area contributed by atoms with Gasteiger partial charge in [-0.1, -0.05) is 48.0 Å². The van der Waals surface area contributed by atoms with Gasteiger partial charge in [0.25, 0.3) is 0 Å². The highest BCUT2D eigenvalue weighted by Crippen LogP contribution is 2.21. The second-order valence-electron chi connectivity index (χ2n) is 5.29. The summed E-state index contributed by atoms with van der Waals surface area (Å²) < 4.78 is 0. The van der Waals surface area contributed by atoms with Gasteiger partial charge in [0.2, 0.25) is 0 Å². The first kappa shape index (κ1) is 21.2. The summed E-state index contributed by atoms with van der Waals surface area (Å²) in [7, 11) is 4.20. The van der Waals surface area contributed by atoms with Crippen LogP contribution in [0.3, 0.4) is 0 Å². The van der Waals surface area contributed by atoms with E-state index in [9.17, 15) is 0 Å². The van der Waals surface area contributed by atoms with Crippen LogP contribution in [0, 0.1) is 5.41 Å². The van der Waals surface area contributed by atoms with E-state index in [2.05, 4.69) is 53.6 Å². The number of nitrogens with two attached hydrogens (primary N) is 1. The Hall–Kier alpha value is -0.0800. The second kappa shape index (κ2) is 13.0. The summed E-state index contributed by atoms with van der Waals surface area (Å²) in [6, 6.07) is 0.310. The maximum absolute atomic E-state index is 5.74. The Morgan fingerprint density at radius 2 is 1.44 bits per heavy atom. The molecule has 2 N–H and O–H groups in total. The summed E-state index contributed by atoms with van der Waals surface area (Å²) in [4.78, 5) is 2.21. The summed E-state index contributed by atoms with van der Waals surface area (Å²) in [6.45, 7) is 15.9. The number of hydrogen-bond acceptors (Lipinski definition) is 2. The van der Waals surface area contributed by atoms with Crippen molar-refractivity contribution >= 4 is 0 Å². The third kappa shape index (κ3) is 23.6. The molecule has 1 atom stereocenters. The summed E-state index contributed by atoms with van der Waals surface area (Å²) in [5.41, 5.74) is 6.08. The van der Waals surface area contributed by atoms with E-state index < -0.39 is 0 Å². The Kier molecular flexibility index (Phi) is 17.2. The van der Waals surface area contributed by atoms with Crippen molar-refractivity contribution < 1.29 is 0 Å². The van der Waals surface area contributed by atoms with Crippen LogP contribution in [-0.4, -0.2) is 31.6 Å². The smallest absolute Gasteiger partial charge is 0.00272 e. The summed E-state index contributed by atoms with van der Waals surface area (Å²) in [5, 5.41) is 0. The van der Waals surface area contributed by atoms with E-state index in [0.29, 0.717) is 11.5 Å². The van der Waals surface area contributed by atoms with Gasteiger partial charge in [0.15, 0.2) is 0 Å². The molecule has 0 fully saturated rings. The van der Waals surface area contributed by atoms with E-state index in [1.54, 1.807) is 0 Å². The lowest BCUT2D eigenvalue weighted by molar-refractivity contribution is 0.215. The molecular formula is C14H36N2. The SMILES string of the molecule is CC.CC(N)CC(C)(C)CN(C)C.CCC. The minimum Gasteiger partial charge on any atom is -0.328 e. The normalized spacial score (nSPS) is 12.2. The van der Waals surface area contributed by atoms with Crippen molar-refractivity contribution in [3.63, 3.8) is 0 Å². The van der Waals surface area contributed by atoms with Crippen LogP contribution in [-0.2, 0) is 0 Å². The number of hydrogen-bond donors (Lipinski definition) is 1. The molecule has 0 radical (unpaired) electrons. The minimum absolute atomic E-state index is 0.310. The molecule has 0 amide bonds.